The summed E-state index contributed by atoms with van der Waals surface area (Å²) in [5, 5.41) is 1.69. The fourth-order valence-electron chi connectivity index (χ4n) is 4.02. The molecule has 2 heterocycles. The van der Waals surface area contributed by atoms with Crippen LogP contribution in [0.2, 0.25) is 5.02 Å². The quantitative estimate of drug-likeness (QED) is 0.409. The highest BCUT2D eigenvalue weighted by atomic mass is 35.5. The van der Waals surface area contributed by atoms with E-state index < -0.39 is 0 Å². The van der Waals surface area contributed by atoms with Crippen LogP contribution >= 0.6 is 22.9 Å². The maximum atomic E-state index is 13.4. The number of rotatable bonds is 8. The Labute approximate surface area is 209 Å². The molecule has 1 aliphatic heterocycles. The number of aryl methyl sites for hydroxylation is 1. The molecular weight excluding hydrogens is 474 g/mol. The van der Waals surface area contributed by atoms with Gasteiger partial charge in [0.15, 0.2) is 16.6 Å². The average molecular weight is 504 g/mol. The van der Waals surface area contributed by atoms with Crippen LogP contribution in [0.25, 0.3) is 10.2 Å². The minimum Gasteiger partial charge on any atom is -0.490 e. The SMILES string of the molecule is CCOc1cc(C(=O)N2CCN(c3nc4c(C)c(Cl)ccc4s3)CC2)cc(OCC)c1OCC. The molecule has 3 aromatic rings. The normalized spacial score (nSPS) is 13.9. The van der Waals surface area contributed by atoms with Gasteiger partial charge in [0.1, 0.15) is 0 Å². The van der Waals surface area contributed by atoms with Gasteiger partial charge in [0, 0.05) is 36.8 Å². The predicted molar refractivity (Wildman–Crippen MR) is 137 cm³/mol. The third-order valence-electron chi connectivity index (χ3n) is 5.73. The van der Waals surface area contributed by atoms with Gasteiger partial charge < -0.3 is 24.0 Å². The number of thiazole rings is 1. The molecule has 182 valence electrons. The summed E-state index contributed by atoms with van der Waals surface area (Å²) >= 11 is 7.92. The zero-order valence-corrected chi connectivity index (χ0v) is 21.6. The van der Waals surface area contributed by atoms with E-state index in [0.29, 0.717) is 68.8 Å². The summed E-state index contributed by atoms with van der Waals surface area (Å²) in [5.74, 6) is 1.55. The fraction of sp³-hybridized carbons (Fsp3) is 0.440. The molecule has 0 spiro atoms. The zero-order valence-electron chi connectivity index (χ0n) is 20.0. The Morgan fingerprint density at radius 1 is 1.00 bits per heavy atom. The van der Waals surface area contributed by atoms with Crippen molar-refractivity contribution in [3.8, 4) is 17.2 Å². The van der Waals surface area contributed by atoms with Gasteiger partial charge in [0.25, 0.3) is 5.91 Å². The van der Waals surface area contributed by atoms with Gasteiger partial charge in [-0.05, 0) is 57.5 Å². The fourth-order valence-corrected chi connectivity index (χ4v) is 5.25. The van der Waals surface area contributed by atoms with E-state index in [1.54, 1.807) is 23.5 Å². The van der Waals surface area contributed by atoms with Crippen LogP contribution in [-0.2, 0) is 0 Å². The van der Waals surface area contributed by atoms with Crippen LogP contribution < -0.4 is 19.1 Å². The number of benzene rings is 2. The van der Waals surface area contributed by atoms with Crippen LogP contribution in [0.15, 0.2) is 24.3 Å². The van der Waals surface area contributed by atoms with Crippen LogP contribution in [0.1, 0.15) is 36.7 Å². The Bertz CT molecular complexity index is 1150. The molecule has 0 saturated carbocycles. The van der Waals surface area contributed by atoms with Gasteiger partial charge in [-0.1, -0.05) is 22.9 Å². The van der Waals surface area contributed by atoms with Crippen molar-refractivity contribution in [3.63, 3.8) is 0 Å². The largest absolute Gasteiger partial charge is 0.490 e. The highest BCUT2D eigenvalue weighted by Crippen LogP contribution is 2.40. The molecule has 1 aliphatic rings. The summed E-state index contributed by atoms with van der Waals surface area (Å²) in [7, 11) is 0. The number of carbonyl (C=O) groups is 1. The van der Waals surface area contributed by atoms with Crippen LogP contribution in [0.4, 0.5) is 5.13 Å². The first-order chi connectivity index (χ1) is 16.5. The molecule has 4 rings (SSSR count). The molecule has 0 unspecified atom stereocenters. The number of nitrogens with zero attached hydrogens (tertiary/aromatic N) is 3. The molecule has 1 saturated heterocycles. The Balaban J connectivity index is 1.51. The summed E-state index contributed by atoms with van der Waals surface area (Å²) in [4.78, 5) is 22.3. The number of amides is 1. The molecular formula is C25H30ClN3O4S. The Morgan fingerprint density at radius 3 is 2.21 bits per heavy atom. The molecule has 0 N–H and O–H groups in total. The monoisotopic (exact) mass is 503 g/mol. The number of piperazine rings is 1. The molecule has 0 radical (unpaired) electrons. The second kappa shape index (κ2) is 10.7. The lowest BCUT2D eigenvalue weighted by Gasteiger charge is -2.34. The first-order valence-electron chi connectivity index (χ1n) is 11.6. The third-order valence-corrected chi connectivity index (χ3v) is 7.22. The van der Waals surface area contributed by atoms with Crippen molar-refractivity contribution in [2.45, 2.75) is 27.7 Å². The number of hydrogen-bond donors (Lipinski definition) is 0. The van der Waals surface area contributed by atoms with E-state index in [2.05, 4.69) is 4.90 Å². The molecule has 1 amide bonds. The maximum absolute atomic E-state index is 13.4. The maximum Gasteiger partial charge on any atom is 0.254 e. The molecule has 0 aliphatic carbocycles. The molecule has 0 bridgehead atoms. The minimum absolute atomic E-state index is 0.0449. The number of halogens is 1. The lowest BCUT2D eigenvalue weighted by atomic mass is 10.1. The van der Waals surface area contributed by atoms with Gasteiger partial charge in [0.05, 0.1) is 30.0 Å². The van der Waals surface area contributed by atoms with Crippen molar-refractivity contribution >= 4 is 44.2 Å². The summed E-state index contributed by atoms with van der Waals surface area (Å²) < 4.78 is 18.4. The van der Waals surface area contributed by atoms with E-state index in [-0.39, 0.29) is 5.91 Å². The Morgan fingerprint density at radius 2 is 1.62 bits per heavy atom. The first-order valence-corrected chi connectivity index (χ1v) is 12.8. The van der Waals surface area contributed by atoms with E-state index >= 15 is 0 Å². The van der Waals surface area contributed by atoms with E-state index in [0.717, 1.165) is 25.9 Å². The number of fused-ring (bicyclic) bond motifs is 1. The number of carbonyl (C=O) groups excluding carboxylic acids is 1. The smallest absolute Gasteiger partial charge is 0.254 e. The first kappa shape index (κ1) is 24.4. The van der Waals surface area contributed by atoms with Gasteiger partial charge >= 0.3 is 0 Å². The van der Waals surface area contributed by atoms with Crippen molar-refractivity contribution in [1.29, 1.82) is 0 Å². The molecule has 1 aromatic heterocycles. The molecule has 0 atom stereocenters. The number of hydrogen-bond acceptors (Lipinski definition) is 7. The lowest BCUT2D eigenvalue weighted by Crippen LogP contribution is -2.48. The molecule has 7 nitrogen and oxygen atoms in total. The summed E-state index contributed by atoms with van der Waals surface area (Å²) in [6, 6.07) is 7.45. The van der Waals surface area contributed by atoms with Crippen molar-refractivity contribution in [2.24, 2.45) is 0 Å². The third kappa shape index (κ3) is 4.88. The highest BCUT2D eigenvalue weighted by Gasteiger charge is 2.26. The van der Waals surface area contributed by atoms with Crippen molar-refractivity contribution in [3.05, 3.63) is 40.4 Å². The average Bonchev–Trinajstić information content (AvgIpc) is 3.28. The van der Waals surface area contributed by atoms with Gasteiger partial charge in [0.2, 0.25) is 5.75 Å². The van der Waals surface area contributed by atoms with Crippen LogP contribution in [0.5, 0.6) is 17.2 Å². The minimum atomic E-state index is -0.0449. The zero-order chi connectivity index (χ0) is 24.2. The van der Waals surface area contributed by atoms with Crippen LogP contribution in [0.3, 0.4) is 0 Å². The van der Waals surface area contributed by atoms with Crippen molar-refractivity contribution in [2.75, 3.05) is 50.9 Å². The second-order valence-electron chi connectivity index (χ2n) is 7.90. The van der Waals surface area contributed by atoms with Gasteiger partial charge in [-0.2, -0.15) is 0 Å². The number of ether oxygens (including phenoxy) is 3. The standard InChI is InChI=1S/C25H30ClN3O4S/c1-5-31-19-14-17(15-20(32-6-2)23(19)33-7-3)24(30)28-10-12-29(13-11-28)25-27-22-16(4)18(26)8-9-21(22)34-25/h8-9,14-15H,5-7,10-13H2,1-4H3. The number of aromatic nitrogens is 1. The molecule has 2 aromatic carbocycles. The van der Waals surface area contributed by atoms with Crippen LogP contribution in [-0.4, -0.2) is 61.8 Å². The molecule has 34 heavy (non-hydrogen) atoms. The summed E-state index contributed by atoms with van der Waals surface area (Å²) in [6.07, 6.45) is 0. The Kier molecular flexibility index (Phi) is 7.68. The van der Waals surface area contributed by atoms with E-state index in [1.165, 1.54) is 0 Å². The highest BCUT2D eigenvalue weighted by molar-refractivity contribution is 7.22. The van der Waals surface area contributed by atoms with E-state index in [9.17, 15) is 4.79 Å². The summed E-state index contributed by atoms with van der Waals surface area (Å²) in [5.41, 5.74) is 2.49. The lowest BCUT2D eigenvalue weighted by molar-refractivity contribution is 0.0745. The molecule has 1 fully saturated rings. The predicted octanol–water partition coefficient (Wildman–Crippen LogP) is 5.42. The van der Waals surface area contributed by atoms with E-state index in [1.807, 2.05) is 44.7 Å². The molecule has 9 heteroatoms. The topological polar surface area (TPSA) is 64.1 Å². The van der Waals surface area contributed by atoms with Gasteiger partial charge in [-0.25, -0.2) is 4.98 Å². The Hall–Kier alpha value is -2.71. The van der Waals surface area contributed by atoms with Crippen molar-refractivity contribution in [1.82, 2.24) is 9.88 Å². The van der Waals surface area contributed by atoms with Gasteiger partial charge in [-0.3, -0.25) is 4.79 Å². The van der Waals surface area contributed by atoms with Gasteiger partial charge in [-0.15, -0.1) is 0 Å². The number of anilines is 1. The van der Waals surface area contributed by atoms with Crippen molar-refractivity contribution < 1.29 is 19.0 Å². The second-order valence-corrected chi connectivity index (χ2v) is 9.31. The van der Waals surface area contributed by atoms with E-state index in [4.69, 9.17) is 30.8 Å². The van der Waals surface area contributed by atoms with Crippen LogP contribution in [0, 0.1) is 6.92 Å². The summed E-state index contributed by atoms with van der Waals surface area (Å²) in [6.45, 7) is 11.8.